The second-order valence-electron chi connectivity index (χ2n) is 9.19. The molecule has 1 atom stereocenters. The summed E-state index contributed by atoms with van der Waals surface area (Å²) in [5.41, 5.74) is 5.88. The zero-order valence-corrected chi connectivity index (χ0v) is 23.8. The molecule has 3 amide bonds. The predicted octanol–water partition coefficient (Wildman–Crippen LogP) is 1.60. The standard InChI is InChI=1S/C26H34N8O3S2/c1-4-34-24(37)21(39-25(34)20(16-27)23(36)30-31-26(38)32(2)3)17-29-19-10-7-9-18(15-19)22(35)28-11-8-14-33-12-5-6-13-33/h4,7,9-10,15,21,29H,1,5-6,8,11-14,17H2,2-3H3,(H,28,35)(H,30,36)(H,31,38)/b25-20-. The fourth-order valence-corrected chi connectivity index (χ4v) is 5.29. The van der Waals surface area contributed by atoms with Crippen LogP contribution in [-0.2, 0) is 9.59 Å². The van der Waals surface area contributed by atoms with Crippen molar-refractivity contribution in [2.24, 2.45) is 0 Å². The Balaban J connectivity index is 1.58. The number of carbonyl (C=O) groups excluding carboxylic acids is 3. The number of carbonyl (C=O) groups is 3. The van der Waals surface area contributed by atoms with Gasteiger partial charge in [0.25, 0.3) is 11.8 Å². The molecule has 2 aliphatic heterocycles. The number of rotatable bonds is 10. The van der Waals surface area contributed by atoms with E-state index in [0.717, 1.165) is 37.8 Å². The normalized spacial score (nSPS) is 18.2. The molecule has 1 aromatic carbocycles. The van der Waals surface area contributed by atoms with Gasteiger partial charge in [-0.2, -0.15) is 5.26 Å². The molecule has 13 heteroatoms. The second-order valence-corrected chi connectivity index (χ2v) is 10.8. The highest BCUT2D eigenvalue weighted by molar-refractivity contribution is 8.04. The van der Waals surface area contributed by atoms with E-state index in [2.05, 4.69) is 33.0 Å². The van der Waals surface area contributed by atoms with Crippen LogP contribution in [0.3, 0.4) is 0 Å². The molecule has 2 heterocycles. The highest BCUT2D eigenvalue weighted by atomic mass is 32.2. The van der Waals surface area contributed by atoms with Crippen molar-refractivity contribution in [2.75, 3.05) is 52.1 Å². The topological polar surface area (TPSA) is 133 Å². The van der Waals surface area contributed by atoms with Gasteiger partial charge in [0.15, 0.2) is 5.11 Å². The maximum atomic E-state index is 13.0. The first-order valence-corrected chi connectivity index (χ1v) is 13.9. The molecule has 2 aliphatic rings. The molecular weight excluding hydrogens is 536 g/mol. The van der Waals surface area contributed by atoms with Crippen molar-refractivity contribution >= 4 is 52.5 Å². The van der Waals surface area contributed by atoms with Crippen molar-refractivity contribution in [1.29, 1.82) is 5.26 Å². The van der Waals surface area contributed by atoms with Crippen LogP contribution in [0, 0.1) is 11.3 Å². The number of benzene rings is 1. The number of hydrazine groups is 1. The Bertz CT molecular complexity index is 1170. The van der Waals surface area contributed by atoms with E-state index in [1.54, 1.807) is 37.2 Å². The van der Waals surface area contributed by atoms with Crippen LogP contribution in [0.15, 0.2) is 47.6 Å². The van der Waals surface area contributed by atoms with Crippen LogP contribution in [0.5, 0.6) is 0 Å². The lowest BCUT2D eigenvalue weighted by Gasteiger charge is -2.17. The number of thioether (sulfide) groups is 1. The molecule has 0 radical (unpaired) electrons. The lowest BCUT2D eigenvalue weighted by atomic mass is 10.2. The number of nitrogens with one attached hydrogen (secondary N) is 4. The lowest BCUT2D eigenvalue weighted by molar-refractivity contribution is -0.125. The molecule has 0 saturated carbocycles. The molecule has 4 N–H and O–H groups in total. The van der Waals surface area contributed by atoms with Gasteiger partial charge >= 0.3 is 0 Å². The van der Waals surface area contributed by atoms with E-state index in [4.69, 9.17) is 12.2 Å². The maximum absolute atomic E-state index is 13.0. The molecule has 1 unspecified atom stereocenters. The van der Waals surface area contributed by atoms with E-state index in [0.29, 0.717) is 17.8 Å². The predicted molar refractivity (Wildman–Crippen MR) is 156 cm³/mol. The summed E-state index contributed by atoms with van der Waals surface area (Å²) in [6.45, 7) is 7.74. The number of thiocarbonyl (C=S) groups is 1. The van der Waals surface area contributed by atoms with E-state index in [9.17, 15) is 19.6 Å². The van der Waals surface area contributed by atoms with Gasteiger partial charge in [0.05, 0.1) is 0 Å². The summed E-state index contributed by atoms with van der Waals surface area (Å²) in [7, 11) is 3.40. The Morgan fingerprint density at radius 1 is 1.28 bits per heavy atom. The first kappa shape index (κ1) is 29.9. The van der Waals surface area contributed by atoms with Gasteiger partial charge in [-0.25, -0.2) is 0 Å². The third-order valence-electron chi connectivity index (χ3n) is 6.16. The summed E-state index contributed by atoms with van der Waals surface area (Å²) >= 11 is 6.16. The molecule has 0 bridgehead atoms. The Morgan fingerprint density at radius 3 is 2.69 bits per heavy atom. The summed E-state index contributed by atoms with van der Waals surface area (Å²) in [5.74, 6) is -1.19. The third-order valence-corrected chi connectivity index (χ3v) is 7.91. The van der Waals surface area contributed by atoms with Gasteiger partial charge < -0.3 is 20.4 Å². The van der Waals surface area contributed by atoms with Crippen LogP contribution in [0.2, 0.25) is 0 Å². The number of likely N-dealkylation sites (tertiary alicyclic amines) is 1. The highest BCUT2D eigenvalue weighted by Gasteiger charge is 2.38. The zero-order chi connectivity index (χ0) is 28.4. The van der Waals surface area contributed by atoms with E-state index in [1.165, 1.54) is 23.9 Å². The van der Waals surface area contributed by atoms with Crippen molar-refractivity contribution in [3.63, 3.8) is 0 Å². The zero-order valence-electron chi connectivity index (χ0n) is 22.2. The summed E-state index contributed by atoms with van der Waals surface area (Å²) in [6, 6.07) is 8.93. The minimum atomic E-state index is -0.725. The van der Waals surface area contributed by atoms with Gasteiger partial charge in [-0.15, -0.1) is 0 Å². The van der Waals surface area contributed by atoms with Crippen molar-refractivity contribution in [3.8, 4) is 6.07 Å². The quantitative estimate of drug-likeness (QED) is 0.108. The Hall–Kier alpha value is -3.60. The Kier molecular flexibility index (Phi) is 11.2. The maximum Gasteiger partial charge on any atom is 0.283 e. The van der Waals surface area contributed by atoms with E-state index >= 15 is 0 Å². The molecule has 208 valence electrons. The molecule has 0 spiro atoms. The molecule has 2 fully saturated rings. The number of anilines is 1. The van der Waals surface area contributed by atoms with Crippen LogP contribution < -0.4 is 21.5 Å². The van der Waals surface area contributed by atoms with Crippen molar-refractivity contribution in [2.45, 2.75) is 24.5 Å². The first-order chi connectivity index (χ1) is 18.7. The van der Waals surface area contributed by atoms with Gasteiger partial charge in [-0.1, -0.05) is 24.4 Å². The van der Waals surface area contributed by atoms with Crippen LogP contribution >= 0.6 is 24.0 Å². The van der Waals surface area contributed by atoms with E-state index in [1.807, 2.05) is 12.1 Å². The molecule has 2 saturated heterocycles. The van der Waals surface area contributed by atoms with Gasteiger partial charge in [0, 0.05) is 44.6 Å². The van der Waals surface area contributed by atoms with Crippen LogP contribution in [0.4, 0.5) is 5.69 Å². The number of amides is 3. The van der Waals surface area contributed by atoms with Crippen molar-refractivity contribution < 1.29 is 14.4 Å². The largest absolute Gasteiger partial charge is 0.383 e. The molecule has 1 aromatic rings. The molecule has 0 aromatic heterocycles. The van der Waals surface area contributed by atoms with Gasteiger partial charge in [0.1, 0.15) is 21.9 Å². The molecule has 11 nitrogen and oxygen atoms in total. The average molecular weight is 571 g/mol. The molecular formula is C26H34N8O3S2. The summed E-state index contributed by atoms with van der Waals surface area (Å²) < 4.78 is 0. The van der Waals surface area contributed by atoms with Gasteiger partial charge in [-0.3, -0.25) is 30.1 Å². The SMILES string of the molecule is C=CN1C(=O)C(CNc2cccc(C(=O)NCCCN3CCCC3)c2)S/C1=C(/C#N)C(=O)NNC(=S)N(C)C. The highest BCUT2D eigenvalue weighted by Crippen LogP contribution is 2.37. The van der Waals surface area contributed by atoms with E-state index in [-0.39, 0.29) is 34.1 Å². The number of hydrogen-bond donors (Lipinski definition) is 4. The van der Waals surface area contributed by atoms with Crippen LogP contribution in [-0.4, -0.2) is 89.6 Å². The van der Waals surface area contributed by atoms with Crippen molar-refractivity contribution in [1.82, 2.24) is 30.9 Å². The first-order valence-electron chi connectivity index (χ1n) is 12.6. The second kappa shape index (κ2) is 14.5. The monoisotopic (exact) mass is 570 g/mol. The molecule has 39 heavy (non-hydrogen) atoms. The molecule has 0 aliphatic carbocycles. The summed E-state index contributed by atoms with van der Waals surface area (Å²) in [6.07, 6.45) is 4.68. The fourth-order valence-electron chi connectivity index (χ4n) is 4.05. The van der Waals surface area contributed by atoms with Crippen molar-refractivity contribution in [3.05, 3.63) is 53.2 Å². The fraction of sp³-hybridized carbons (Fsp3) is 0.423. The van der Waals surface area contributed by atoms with Crippen LogP contribution in [0.25, 0.3) is 0 Å². The summed E-state index contributed by atoms with van der Waals surface area (Å²) in [5, 5.41) is 15.6. The van der Waals surface area contributed by atoms with Gasteiger partial charge in [0.2, 0.25) is 5.91 Å². The minimum absolute atomic E-state index is 0.151. The minimum Gasteiger partial charge on any atom is -0.383 e. The number of hydrogen-bond acceptors (Lipinski definition) is 8. The number of nitrogens with zero attached hydrogens (tertiary/aromatic N) is 4. The van der Waals surface area contributed by atoms with E-state index < -0.39 is 11.2 Å². The Morgan fingerprint density at radius 2 is 2.03 bits per heavy atom. The molecule has 3 rings (SSSR count). The smallest absolute Gasteiger partial charge is 0.283 e. The summed E-state index contributed by atoms with van der Waals surface area (Å²) in [4.78, 5) is 43.4. The third kappa shape index (κ3) is 8.19. The van der Waals surface area contributed by atoms with Crippen LogP contribution in [0.1, 0.15) is 29.6 Å². The average Bonchev–Trinajstić information content (AvgIpc) is 3.56. The Labute approximate surface area is 238 Å². The van der Waals surface area contributed by atoms with Gasteiger partial charge in [-0.05, 0) is 69.3 Å². The lowest BCUT2D eigenvalue weighted by Crippen LogP contribution is -2.46. The number of nitriles is 1.